The molecule has 6 heteroatoms. The summed E-state index contributed by atoms with van der Waals surface area (Å²) < 4.78 is 10.7. The molecule has 2 rings (SSSR count). The minimum absolute atomic E-state index is 0.00343. The second-order valence-electron chi connectivity index (χ2n) is 5.33. The van der Waals surface area contributed by atoms with E-state index >= 15 is 0 Å². The van der Waals surface area contributed by atoms with Crippen LogP contribution in [-0.4, -0.2) is 50.4 Å². The first-order chi connectivity index (χ1) is 10.6. The van der Waals surface area contributed by atoms with E-state index in [2.05, 4.69) is 12.4 Å². The van der Waals surface area contributed by atoms with Crippen molar-refractivity contribution >= 4 is 17.7 Å². The lowest BCUT2D eigenvalue weighted by Crippen LogP contribution is -2.79. The van der Waals surface area contributed by atoms with Crippen LogP contribution in [0.3, 0.4) is 0 Å². The Hall–Kier alpha value is -1.40. The molecule has 1 saturated heterocycles. The maximum atomic E-state index is 12.4. The first-order valence-corrected chi connectivity index (χ1v) is 8.52. The minimum atomic E-state index is 0.00343. The molecule has 1 heterocycles. The van der Waals surface area contributed by atoms with Crippen LogP contribution >= 0.6 is 11.8 Å². The van der Waals surface area contributed by atoms with Crippen molar-refractivity contribution in [3.63, 3.8) is 0 Å². The number of amides is 1. The molecule has 1 aliphatic heterocycles. The summed E-state index contributed by atoms with van der Waals surface area (Å²) in [5.74, 6) is 1.64. The average molecular weight is 325 g/mol. The van der Waals surface area contributed by atoms with Crippen LogP contribution in [0.4, 0.5) is 0 Å². The molecule has 122 valence electrons. The Morgan fingerprint density at radius 1 is 1.27 bits per heavy atom. The van der Waals surface area contributed by atoms with Crippen molar-refractivity contribution < 1.29 is 19.6 Å². The fourth-order valence-electron chi connectivity index (χ4n) is 2.63. The average Bonchev–Trinajstić information content (AvgIpc) is 2.82. The van der Waals surface area contributed by atoms with Crippen LogP contribution in [0.2, 0.25) is 0 Å². The summed E-state index contributed by atoms with van der Waals surface area (Å²) >= 11 is 1.70. The number of hydrogen-bond donors (Lipinski definition) is 1. The third-order valence-electron chi connectivity index (χ3n) is 3.83. The molecule has 0 unspecified atom stereocenters. The second kappa shape index (κ2) is 7.74. The lowest BCUT2D eigenvalue weighted by molar-refractivity contribution is -0.627. The lowest BCUT2D eigenvalue weighted by Gasteiger charge is -2.24. The Labute approximate surface area is 136 Å². The maximum Gasteiger partial charge on any atom is 0.236 e. The number of quaternary nitrogens is 1. The number of carbonyl (C=O) groups excluding carboxylic acids is 1. The van der Waals surface area contributed by atoms with Gasteiger partial charge in [0, 0.05) is 13.0 Å². The number of ether oxygens (including phenoxy) is 2. The Kier molecular flexibility index (Phi) is 5.97. The Balaban J connectivity index is 2.22. The molecule has 0 radical (unpaired) electrons. The third kappa shape index (κ3) is 3.50. The zero-order chi connectivity index (χ0) is 16.1. The molecule has 0 spiro atoms. The standard InChI is InChI=1S/C16H24N2O3S/c1-11-15(19)18(9-5-8-17-2)16(22-11)12-6-7-13(20-3)14(10-12)21-4/h6-7,10-11,16-17H,5,8-9H2,1-4H3/p+1/t11-,16+/m1/s1. The Morgan fingerprint density at radius 3 is 2.64 bits per heavy atom. The van der Waals surface area contributed by atoms with E-state index in [1.807, 2.05) is 30.0 Å². The molecule has 1 amide bonds. The smallest absolute Gasteiger partial charge is 0.236 e. The number of nitrogens with zero attached hydrogens (tertiary/aromatic N) is 1. The fraction of sp³-hybridized carbons (Fsp3) is 0.562. The third-order valence-corrected chi connectivity index (χ3v) is 5.23. The minimum Gasteiger partial charge on any atom is -0.493 e. The van der Waals surface area contributed by atoms with Gasteiger partial charge in [0.05, 0.1) is 33.1 Å². The highest BCUT2D eigenvalue weighted by Gasteiger charge is 2.38. The van der Waals surface area contributed by atoms with Gasteiger partial charge in [-0.3, -0.25) is 4.79 Å². The monoisotopic (exact) mass is 325 g/mol. The zero-order valence-corrected chi connectivity index (χ0v) is 14.5. The first kappa shape index (κ1) is 17.0. The van der Waals surface area contributed by atoms with E-state index in [0.717, 1.165) is 25.1 Å². The van der Waals surface area contributed by atoms with E-state index in [9.17, 15) is 4.79 Å². The number of rotatable bonds is 7. The van der Waals surface area contributed by atoms with E-state index < -0.39 is 0 Å². The lowest BCUT2D eigenvalue weighted by atomic mass is 10.1. The summed E-state index contributed by atoms with van der Waals surface area (Å²) in [4.78, 5) is 14.4. The van der Waals surface area contributed by atoms with Crippen LogP contribution in [0.25, 0.3) is 0 Å². The van der Waals surface area contributed by atoms with Gasteiger partial charge in [-0.15, -0.1) is 11.8 Å². The molecular weight excluding hydrogens is 300 g/mol. The predicted octanol–water partition coefficient (Wildman–Crippen LogP) is 1.25. The number of carbonyl (C=O) groups is 1. The number of nitrogens with two attached hydrogens (primary N) is 1. The van der Waals surface area contributed by atoms with Gasteiger partial charge in [0.25, 0.3) is 0 Å². The molecule has 0 bridgehead atoms. The number of thioether (sulfide) groups is 1. The molecule has 2 N–H and O–H groups in total. The van der Waals surface area contributed by atoms with Crippen molar-refractivity contribution in [1.82, 2.24) is 4.90 Å². The van der Waals surface area contributed by atoms with Crippen LogP contribution in [0.15, 0.2) is 18.2 Å². The molecule has 5 nitrogen and oxygen atoms in total. The van der Waals surface area contributed by atoms with Crippen molar-refractivity contribution in [1.29, 1.82) is 0 Å². The van der Waals surface area contributed by atoms with Crippen LogP contribution < -0.4 is 14.8 Å². The van der Waals surface area contributed by atoms with E-state index in [4.69, 9.17) is 9.47 Å². The van der Waals surface area contributed by atoms with Gasteiger partial charge in [0.1, 0.15) is 5.37 Å². The van der Waals surface area contributed by atoms with Crippen LogP contribution in [0.5, 0.6) is 11.5 Å². The van der Waals surface area contributed by atoms with E-state index in [0.29, 0.717) is 11.5 Å². The molecule has 0 aliphatic carbocycles. The van der Waals surface area contributed by atoms with Crippen molar-refractivity contribution in [2.24, 2.45) is 0 Å². The fourth-order valence-corrected chi connectivity index (χ4v) is 3.93. The molecule has 22 heavy (non-hydrogen) atoms. The number of methoxy groups -OCH3 is 2. The highest BCUT2D eigenvalue weighted by molar-refractivity contribution is 8.01. The Morgan fingerprint density at radius 2 is 2.00 bits per heavy atom. The van der Waals surface area contributed by atoms with Gasteiger partial charge < -0.3 is 19.7 Å². The van der Waals surface area contributed by atoms with Crippen LogP contribution in [0.1, 0.15) is 24.3 Å². The zero-order valence-electron chi connectivity index (χ0n) is 13.7. The van der Waals surface area contributed by atoms with Gasteiger partial charge in [0.15, 0.2) is 11.5 Å². The van der Waals surface area contributed by atoms with Gasteiger partial charge in [-0.05, 0) is 24.6 Å². The molecular formula is C16H25N2O3S+. The molecule has 2 atom stereocenters. The summed E-state index contributed by atoms with van der Waals surface area (Å²) in [5, 5.41) is 2.20. The van der Waals surface area contributed by atoms with E-state index in [1.54, 1.807) is 26.0 Å². The second-order valence-corrected chi connectivity index (χ2v) is 6.75. The van der Waals surface area contributed by atoms with Gasteiger partial charge in [0.2, 0.25) is 5.91 Å². The first-order valence-electron chi connectivity index (χ1n) is 7.58. The molecule has 1 aromatic carbocycles. The van der Waals surface area contributed by atoms with Gasteiger partial charge in [-0.1, -0.05) is 6.07 Å². The predicted molar refractivity (Wildman–Crippen MR) is 88.4 cm³/mol. The number of benzene rings is 1. The van der Waals surface area contributed by atoms with Crippen LogP contribution in [0, 0.1) is 0 Å². The van der Waals surface area contributed by atoms with Gasteiger partial charge in [-0.2, -0.15) is 0 Å². The molecule has 1 aliphatic rings. The topological polar surface area (TPSA) is 55.4 Å². The maximum absolute atomic E-state index is 12.4. The molecule has 0 saturated carbocycles. The summed E-state index contributed by atoms with van der Waals surface area (Å²) in [6, 6.07) is 5.89. The highest BCUT2D eigenvalue weighted by atomic mass is 32.2. The normalized spacial score (nSPS) is 21.3. The largest absolute Gasteiger partial charge is 0.493 e. The van der Waals surface area contributed by atoms with Crippen molar-refractivity contribution in [2.45, 2.75) is 24.0 Å². The number of hydrogen-bond acceptors (Lipinski definition) is 4. The van der Waals surface area contributed by atoms with E-state index in [-0.39, 0.29) is 16.5 Å². The van der Waals surface area contributed by atoms with Gasteiger partial charge in [-0.25, -0.2) is 0 Å². The van der Waals surface area contributed by atoms with Crippen molar-refractivity contribution in [2.75, 3.05) is 34.4 Å². The highest BCUT2D eigenvalue weighted by Crippen LogP contribution is 2.44. The summed E-state index contributed by atoms with van der Waals surface area (Å²) in [6.45, 7) is 3.80. The Bertz CT molecular complexity index is 524. The molecule has 1 fully saturated rings. The summed E-state index contributed by atoms with van der Waals surface area (Å²) in [5.41, 5.74) is 1.08. The van der Waals surface area contributed by atoms with Crippen molar-refractivity contribution in [3.8, 4) is 11.5 Å². The quantitative estimate of drug-likeness (QED) is 0.767. The van der Waals surface area contributed by atoms with Crippen molar-refractivity contribution in [3.05, 3.63) is 23.8 Å². The summed E-state index contributed by atoms with van der Waals surface area (Å²) in [6.07, 6.45) is 0.999. The molecule has 1 aromatic rings. The SMILES string of the molecule is C[NH2+]CCCN1C(=O)[C@@H](C)S[C@H]1c1ccc(OC)c(OC)c1. The summed E-state index contributed by atoms with van der Waals surface area (Å²) in [7, 11) is 5.31. The van der Waals surface area contributed by atoms with Crippen LogP contribution in [-0.2, 0) is 4.79 Å². The van der Waals surface area contributed by atoms with E-state index in [1.165, 1.54) is 0 Å². The van der Waals surface area contributed by atoms with Gasteiger partial charge >= 0.3 is 0 Å². The molecule has 0 aromatic heterocycles.